The highest BCUT2D eigenvalue weighted by Gasteiger charge is 2.02. The first-order chi connectivity index (χ1) is 7.22. The summed E-state index contributed by atoms with van der Waals surface area (Å²) in [5.41, 5.74) is 1.27. The van der Waals surface area contributed by atoms with Crippen LogP contribution >= 0.6 is 0 Å². The highest BCUT2D eigenvalue weighted by molar-refractivity contribution is 5.66. The minimum Gasteiger partial charge on any atom is -0.453 e. The summed E-state index contributed by atoms with van der Waals surface area (Å²) in [4.78, 5) is 13.0. The van der Waals surface area contributed by atoms with E-state index in [1.54, 1.807) is 0 Å². The van der Waals surface area contributed by atoms with E-state index in [1.165, 1.54) is 12.7 Å². The Hall–Kier alpha value is -1.45. The molecule has 0 bridgehead atoms. The van der Waals surface area contributed by atoms with Crippen molar-refractivity contribution >= 4 is 6.09 Å². The summed E-state index contributed by atoms with van der Waals surface area (Å²) in [5.74, 6) is 0. The van der Waals surface area contributed by atoms with Crippen molar-refractivity contribution in [3.05, 3.63) is 23.9 Å². The molecule has 1 rings (SSSR count). The molecule has 4 heteroatoms. The van der Waals surface area contributed by atoms with Crippen LogP contribution in [0.5, 0.6) is 0 Å². The molecule has 15 heavy (non-hydrogen) atoms. The molecule has 0 aromatic heterocycles. The minimum atomic E-state index is -0.361. The van der Waals surface area contributed by atoms with Gasteiger partial charge in [-0.05, 0) is 18.9 Å². The van der Waals surface area contributed by atoms with Gasteiger partial charge in [0, 0.05) is 25.8 Å². The number of rotatable bonds is 4. The van der Waals surface area contributed by atoms with Crippen LogP contribution in [-0.2, 0) is 4.74 Å². The molecule has 0 saturated heterocycles. The van der Waals surface area contributed by atoms with E-state index >= 15 is 0 Å². The fraction of sp³-hybridized carbons (Fsp3) is 0.545. The normalized spacial score (nSPS) is 14.8. The quantitative estimate of drug-likeness (QED) is 0.715. The van der Waals surface area contributed by atoms with Gasteiger partial charge in [0.15, 0.2) is 0 Å². The molecule has 1 heterocycles. The summed E-state index contributed by atoms with van der Waals surface area (Å²) in [6.07, 6.45) is 6.96. The first kappa shape index (κ1) is 11.6. The van der Waals surface area contributed by atoms with Crippen molar-refractivity contribution in [1.29, 1.82) is 0 Å². The van der Waals surface area contributed by atoms with E-state index in [2.05, 4.69) is 40.2 Å². The maximum absolute atomic E-state index is 10.7. The number of nitrogens with zero attached hydrogens (tertiary/aromatic N) is 1. The lowest BCUT2D eigenvalue weighted by molar-refractivity contribution is 0.170. The maximum atomic E-state index is 10.7. The van der Waals surface area contributed by atoms with Crippen molar-refractivity contribution in [3.63, 3.8) is 0 Å². The van der Waals surface area contributed by atoms with Gasteiger partial charge >= 0.3 is 6.09 Å². The van der Waals surface area contributed by atoms with Crippen molar-refractivity contribution in [1.82, 2.24) is 10.2 Å². The predicted octanol–water partition coefficient (Wildman–Crippen LogP) is 1.51. The van der Waals surface area contributed by atoms with Crippen LogP contribution in [0.15, 0.2) is 23.9 Å². The Morgan fingerprint density at radius 2 is 2.47 bits per heavy atom. The number of ether oxygens (including phenoxy) is 1. The fourth-order valence-corrected chi connectivity index (χ4v) is 1.46. The molecule has 0 aromatic rings. The second-order valence-corrected chi connectivity index (χ2v) is 3.54. The van der Waals surface area contributed by atoms with Crippen molar-refractivity contribution in [2.75, 3.05) is 26.7 Å². The Morgan fingerprint density at radius 3 is 3.13 bits per heavy atom. The number of amides is 1. The van der Waals surface area contributed by atoms with E-state index in [0.29, 0.717) is 6.54 Å². The van der Waals surface area contributed by atoms with Gasteiger partial charge < -0.3 is 15.0 Å². The van der Waals surface area contributed by atoms with Crippen LogP contribution in [0.4, 0.5) is 4.79 Å². The van der Waals surface area contributed by atoms with Crippen LogP contribution < -0.4 is 5.32 Å². The highest BCUT2D eigenvalue weighted by Crippen LogP contribution is 2.06. The van der Waals surface area contributed by atoms with Crippen LogP contribution in [0.1, 0.15) is 13.3 Å². The molecule has 0 aliphatic carbocycles. The Balaban J connectivity index is 2.11. The lowest BCUT2D eigenvalue weighted by atomic mass is 10.2. The van der Waals surface area contributed by atoms with E-state index in [4.69, 9.17) is 0 Å². The molecule has 4 nitrogen and oxygen atoms in total. The zero-order chi connectivity index (χ0) is 11.1. The Morgan fingerprint density at radius 1 is 1.67 bits per heavy atom. The molecule has 0 spiro atoms. The molecule has 84 valence electrons. The number of nitrogens with one attached hydrogen (secondary N) is 1. The molecular formula is C11H18N2O2. The van der Waals surface area contributed by atoms with Gasteiger partial charge in [-0.2, -0.15) is 0 Å². The van der Waals surface area contributed by atoms with Gasteiger partial charge in [0.05, 0.1) is 7.11 Å². The summed E-state index contributed by atoms with van der Waals surface area (Å²) in [6.45, 7) is 4.64. The van der Waals surface area contributed by atoms with E-state index in [0.717, 1.165) is 19.5 Å². The molecular weight excluding hydrogens is 192 g/mol. The molecule has 1 aliphatic heterocycles. The third kappa shape index (κ3) is 4.54. The van der Waals surface area contributed by atoms with Crippen LogP contribution in [0.25, 0.3) is 0 Å². The first-order valence-corrected chi connectivity index (χ1v) is 5.13. The van der Waals surface area contributed by atoms with Gasteiger partial charge in [-0.25, -0.2) is 4.79 Å². The molecule has 1 N–H and O–H groups in total. The molecule has 0 unspecified atom stereocenters. The topological polar surface area (TPSA) is 41.6 Å². The van der Waals surface area contributed by atoms with Gasteiger partial charge in [0.2, 0.25) is 0 Å². The second kappa shape index (κ2) is 6.11. The average Bonchev–Trinajstić information content (AvgIpc) is 2.24. The number of hydrogen-bond donors (Lipinski definition) is 1. The van der Waals surface area contributed by atoms with Crippen LogP contribution in [0.2, 0.25) is 0 Å². The third-order valence-corrected chi connectivity index (χ3v) is 2.18. The van der Waals surface area contributed by atoms with Gasteiger partial charge in [-0.3, -0.25) is 0 Å². The van der Waals surface area contributed by atoms with Crippen LogP contribution in [-0.4, -0.2) is 37.7 Å². The molecule has 0 radical (unpaired) electrons. The lowest BCUT2D eigenvalue weighted by Crippen LogP contribution is -2.28. The Kier molecular flexibility index (Phi) is 4.74. The van der Waals surface area contributed by atoms with Gasteiger partial charge in [0.25, 0.3) is 0 Å². The maximum Gasteiger partial charge on any atom is 0.406 e. The largest absolute Gasteiger partial charge is 0.453 e. The number of alkyl carbamates (subject to hydrolysis) is 1. The Bertz CT molecular complexity index is 272. The van der Waals surface area contributed by atoms with Crippen LogP contribution in [0.3, 0.4) is 0 Å². The van der Waals surface area contributed by atoms with Gasteiger partial charge in [-0.1, -0.05) is 12.2 Å². The number of hydrogen-bond acceptors (Lipinski definition) is 3. The lowest BCUT2D eigenvalue weighted by Gasteiger charge is -2.22. The zero-order valence-electron chi connectivity index (χ0n) is 9.32. The van der Waals surface area contributed by atoms with E-state index < -0.39 is 0 Å². The monoisotopic (exact) mass is 210 g/mol. The fourth-order valence-electron chi connectivity index (χ4n) is 1.46. The second-order valence-electron chi connectivity index (χ2n) is 3.54. The summed E-state index contributed by atoms with van der Waals surface area (Å²) < 4.78 is 4.47. The zero-order valence-corrected chi connectivity index (χ0v) is 9.32. The highest BCUT2D eigenvalue weighted by atomic mass is 16.5. The third-order valence-electron chi connectivity index (χ3n) is 2.18. The molecule has 0 fully saturated rings. The molecule has 0 saturated carbocycles. The molecule has 0 aromatic carbocycles. The van der Waals surface area contributed by atoms with Crippen molar-refractivity contribution in [2.45, 2.75) is 13.3 Å². The minimum absolute atomic E-state index is 0.361. The van der Waals surface area contributed by atoms with Crippen LogP contribution in [0, 0.1) is 0 Å². The summed E-state index contributed by atoms with van der Waals surface area (Å²) in [6, 6.07) is 0. The Labute approximate surface area is 90.6 Å². The summed E-state index contributed by atoms with van der Waals surface area (Å²) >= 11 is 0. The van der Waals surface area contributed by atoms with E-state index in [9.17, 15) is 4.79 Å². The number of carbonyl (C=O) groups excluding carboxylic acids is 1. The molecule has 1 amide bonds. The van der Waals surface area contributed by atoms with Crippen molar-refractivity contribution in [2.24, 2.45) is 0 Å². The van der Waals surface area contributed by atoms with Gasteiger partial charge in [0.1, 0.15) is 0 Å². The standard InChI is InChI=1S/C11H18N2O2/c1-10-5-3-7-13(9-10)8-4-6-12-11(14)15-2/h3,5,9H,4,6-8H2,1-2H3,(H,12,14). The number of carbonyl (C=O) groups is 1. The molecule has 1 aliphatic rings. The van der Waals surface area contributed by atoms with Gasteiger partial charge in [-0.15, -0.1) is 0 Å². The van der Waals surface area contributed by atoms with Crippen molar-refractivity contribution < 1.29 is 9.53 Å². The predicted molar refractivity (Wildman–Crippen MR) is 59.5 cm³/mol. The average molecular weight is 210 g/mol. The van der Waals surface area contributed by atoms with E-state index in [-0.39, 0.29) is 6.09 Å². The van der Waals surface area contributed by atoms with Crippen molar-refractivity contribution in [3.8, 4) is 0 Å². The summed E-state index contributed by atoms with van der Waals surface area (Å²) in [5, 5.41) is 2.66. The number of methoxy groups -OCH3 is 1. The van der Waals surface area contributed by atoms with E-state index in [1.807, 2.05) is 0 Å². The SMILES string of the molecule is COC(=O)NCCCN1C=C(C)C=CC1. The summed E-state index contributed by atoms with van der Waals surface area (Å²) in [7, 11) is 1.37. The smallest absolute Gasteiger partial charge is 0.406 e. The first-order valence-electron chi connectivity index (χ1n) is 5.13. The molecule has 0 atom stereocenters. The number of allylic oxidation sites excluding steroid dienone is 2.